The van der Waals surface area contributed by atoms with E-state index in [4.69, 9.17) is 0 Å². The Labute approximate surface area is 123 Å². The van der Waals surface area contributed by atoms with E-state index in [1.165, 1.54) is 10.1 Å². The van der Waals surface area contributed by atoms with E-state index in [0.717, 1.165) is 23.2 Å². The van der Waals surface area contributed by atoms with Gasteiger partial charge in [-0.05, 0) is 23.3 Å². The molecule has 1 N–H and O–H groups in total. The highest BCUT2D eigenvalue weighted by atomic mass is 16.1. The number of nitrogens with zero attached hydrogens (tertiary/aromatic N) is 2. The molecule has 0 saturated heterocycles. The molecule has 0 amide bonds. The van der Waals surface area contributed by atoms with Crippen LogP contribution in [0.3, 0.4) is 0 Å². The van der Waals surface area contributed by atoms with E-state index < -0.39 is 0 Å². The van der Waals surface area contributed by atoms with E-state index in [1.807, 2.05) is 31.2 Å². The Balaban J connectivity index is 1.97. The Kier molecular flexibility index (Phi) is 3.69. The summed E-state index contributed by atoms with van der Waals surface area (Å²) in [7, 11) is 0. The second-order valence-corrected chi connectivity index (χ2v) is 4.91. The Morgan fingerprint density at radius 2 is 1.95 bits per heavy atom. The summed E-state index contributed by atoms with van der Waals surface area (Å²) in [5.41, 5.74) is 1.76. The topological polar surface area (TPSA) is 46.9 Å². The second kappa shape index (κ2) is 5.79. The Hall–Kier alpha value is -2.62. The molecule has 0 radical (unpaired) electrons. The van der Waals surface area contributed by atoms with Gasteiger partial charge in [-0.15, -0.1) is 0 Å². The molecule has 3 aromatic rings. The van der Waals surface area contributed by atoms with E-state index in [2.05, 4.69) is 28.6 Å². The molecule has 0 fully saturated rings. The van der Waals surface area contributed by atoms with E-state index in [1.54, 1.807) is 12.3 Å². The average Bonchev–Trinajstić information content (AvgIpc) is 2.51. The molecular weight excluding hydrogens is 262 g/mol. The van der Waals surface area contributed by atoms with Crippen LogP contribution in [0.25, 0.3) is 10.8 Å². The maximum Gasteiger partial charge on any atom is 0.269 e. The van der Waals surface area contributed by atoms with Gasteiger partial charge in [-0.3, -0.25) is 4.79 Å². The smallest absolute Gasteiger partial charge is 0.269 e. The summed E-state index contributed by atoms with van der Waals surface area (Å²) < 4.78 is 1.49. The van der Waals surface area contributed by atoms with Crippen molar-refractivity contribution in [3.8, 4) is 0 Å². The summed E-state index contributed by atoms with van der Waals surface area (Å²) in [4.78, 5) is 12.1. The van der Waals surface area contributed by atoms with Crippen molar-refractivity contribution in [2.24, 2.45) is 0 Å². The van der Waals surface area contributed by atoms with Crippen LogP contribution in [0.2, 0.25) is 0 Å². The molecular formula is C17H17N3O. The summed E-state index contributed by atoms with van der Waals surface area (Å²) in [6.07, 6.45) is 1.69. The number of hydrogen-bond donors (Lipinski definition) is 1. The Morgan fingerprint density at radius 1 is 1.14 bits per heavy atom. The molecule has 106 valence electrons. The molecule has 0 spiro atoms. The zero-order valence-corrected chi connectivity index (χ0v) is 11.9. The fraction of sp³-hybridized carbons (Fsp3) is 0.176. The standard InChI is InChI=1S/C17H17N3O/c1-2-18-15-10-17(21)20(19-11-15)12-14-8-5-7-13-6-3-4-9-16(13)14/h3-11,18H,2,12H2,1H3. The van der Waals surface area contributed by atoms with Gasteiger partial charge >= 0.3 is 0 Å². The number of benzene rings is 2. The lowest BCUT2D eigenvalue weighted by molar-refractivity contribution is 0.642. The molecule has 21 heavy (non-hydrogen) atoms. The van der Waals surface area contributed by atoms with Gasteiger partial charge in [0.05, 0.1) is 18.4 Å². The van der Waals surface area contributed by atoms with Crippen molar-refractivity contribution < 1.29 is 0 Å². The van der Waals surface area contributed by atoms with E-state index in [0.29, 0.717) is 6.54 Å². The number of hydrogen-bond acceptors (Lipinski definition) is 3. The molecule has 1 heterocycles. The first-order valence-electron chi connectivity index (χ1n) is 7.05. The van der Waals surface area contributed by atoms with Gasteiger partial charge in [0.1, 0.15) is 0 Å². The first-order chi connectivity index (χ1) is 10.3. The van der Waals surface area contributed by atoms with Gasteiger partial charge in [0.2, 0.25) is 0 Å². The number of fused-ring (bicyclic) bond motifs is 1. The van der Waals surface area contributed by atoms with Gasteiger partial charge in [-0.2, -0.15) is 5.10 Å². The van der Waals surface area contributed by atoms with Crippen molar-refractivity contribution >= 4 is 16.5 Å². The highest BCUT2D eigenvalue weighted by molar-refractivity contribution is 5.85. The highest BCUT2D eigenvalue weighted by Gasteiger charge is 2.04. The van der Waals surface area contributed by atoms with Crippen molar-refractivity contribution in [1.29, 1.82) is 0 Å². The Bertz CT molecular complexity index is 818. The molecule has 4 nitrogen and oxygen atoms in total. The van der Waals surface area contributed by atoms with Gasteiger partial charge < -0.3 is 5.32 Å². The molecule has 0 aliphatic rings. The zero-order valence-electron chi connectivity index (χ0n) is 11.9. The van der Waals surface area contributed by atoms with Crippen LogP contribution in [0, 0.1) is 0 Å². The van der Waals surface area contributed by atoms with Crippen LogP contribution in [-0.2, 0) is 6.54 Å². The van der Waals surface area contributed by atoms with Crippen molar-refractivity contribution in [1.82, 2.24) is 9.78 Å². The minimum Gasteiger partial charge on any atom is -0.384 e. The lowest BCUT2D eigenvalue weighted by Crippen LogP contribution is -2.23. The molecule has 2 aromatic carbocycles. The third-order valence-corrected chi connectivity index (χ3v) is 3.45. The number of rotatable bonds is 4. The fourth-order valence-corrected chi connectivity index (χ4v) is 2.44. The van der Waals surface area contributed by atoms with Crippen molar-refractivity contribution in [3.05, 3.63) is 70.6 Å². The number of nitrogens with one attached hydrogen (secondary N) is 1. The maximum atomic E-state index is 12.1. The lowest BCUT2D eigenvalue weighted by atomic mass is 10.0. The molecule has 0 aliphatic carbocycles. The van der Waals surface area contributed by atoms with Crippen molar-refractivity contribution in [2.45, 2.75) is 13.5 Å². The van der Waals surface area contributed by atoms with Crippen LogP contribution in [0.15, 0.2) is 59.5 Å². The molecule has 4 heteroatoms. The molecule has 0 saturated carbocycles. The second-order valence-electron chi connectivity index (χ2n) is 4.91. The predicted octanol–water partition coefficient (Wildman–Crippen LogP) is 2.88. The summed E-state index contributed by atoms with van der Waals surface area (Å²) in [6.45, 7) is 3.24. The van der Waals surface area contributed by atoms with Gasteiger partial charge in [0.25, 0.3) is 5.56 Å². The third kappa shape index (κ3) is 2.79. The largest absolute Gasteiger partial charge is 0.384 e. The van der Waals surface area contributed by atoms with Crippen LogP contribution in [-0.4, -0.2) is 16.3 Å². The van der Waals surface area contributed by atoms with E-state index in [-0.39, 0.29) is 5.56 Å². The van der Waals surface area contributed by atoms with Crippen molar-refractivity contribution in [2.75, 3.05) is 11.9 Å². The summed E-state index contributed by atoms with van der Waals surface area (Å²) in [6, 6.07) is 15.9. The van der Waals surface area contributed by atoms with Crippen LogP contribution in [0.5, 0.6) is 0 Å². The van der Waals surface area contributed by atoms with Crippen LogP contribution in [0.4, 0.5) is 5.69 Å². The van der Waals surface area contributed by atoms with Crippen LogP contribution in [0.1, 0.15) is 12.5 Å². The Morgan fingerprint density at radius 3 is 2.76 bits per heavy atom. The van der Waals surface area contributed by atoms with Gasteiger partial charge in [-0.25, -0.2) is 4.68 Å². The summed E-state index contributed by atoms with van der Waals surface area (Å²) in [5.74, 6) is 0. The van der Waals surface area contributed by atoms with Crippen molar-refractivity contribution in [3.63, 3.8) is 0 Å². The highest BCUT2D eigenvalue weighted by Crippen LogP contribution is 2.18. The number of aromatic nitrogens is 2. The summed E-state index contributed by atoms with van der Waals surface area (Å²) >= 11 is 0. The molecule has 3 rings (SSSR count). The average molecular weight is 279 g/mol. The number of anilines is 1. The molecule has 0 aliphatic heterocycles. The fourth-order valence-electron chi connectivity index (χ4n) is 2.44. The van der Waals surface area contributed by atoms with E-state index >= 15 is 0 Å². The normalized spacial score (nSPS) is 10.7. The summed E-state index contributed by atoms with van der Waals surface area (Å²) in [5, 5.41) is 9.66. The molecule has 1 aromatic heterocycles. The minimum absolute atomic E-state index is 0.0959. The van der Waals surface area contributed by atoms with Gasteiger partial charge in [0.15, 0.2) is 0 Å². The SMILES string of the molecule is CCNc1cnn(Cc2cccc3ccccc23)c(=O)c1. The predicted molar refractivity (Wildman–Crippen MR) is 85.7 cm³/mol. The van der Waals surface area contributed by atoms with Gasteiger partial charge in [-0.1, -0.05) is 42.5 Å². The van der Waals surface area contributed by atoms with E-state index in [9.17, 15) is 4.79 Å². The zero-order chi connectivity index (χ0) is 14.7. The first kappa shape index (κ1) is 13.4. The minimum atomic E-state index is -0.0959. The monoisotopic (exact) mass is 279 g/mol. The third-order valence-electron chi connectivity index (χ3n) is 3.45. The molecule has 0 unspecified atom stereocenters. The maximum absolute atomic E-state index is 12.1. The van der Waals surface area contributed by atoms with Crippen LogP contribution >= 0.6 is 0 Å². The molecule has 0 bridgehead atoms. The van der Waals surface area contributed by atoms with Gasteiger partial charge in [0, 0.05) is 12.6 Å². The lowest BCUT2D eigenvalue weighted by Gasteiger charge is -2.09. The van der Waals surface area contributed by atoms with Crippen LogP contribution < -0.4 is 10.9 Å². The molecule has 0 atom stereocenters. The first-order valence-corrected chi connectivity index (χ1v) is 7.05. The quantitative estimate of drug-likeness (QED) is 0.799.